The van der Waals surface area contributed by atoms with Gasteiger partial charge in [-0.15, -0.1) is 11.3 Å². The predicted molar refractivity (Wildman–Crippen MR) is 91.5 cm³/mol. The summed E-state index contributed by atoms with van der Waals surface area (Å²) in [6.45, 7) is 1.97. The number of rotatable bonds is 7. The summed E-state index contributed by atoms with van der Waals surface area (Å²) < 4.78 is 15.4. The van der Waals surface area contributed by atoms with Gasteiger partial charge in [-0.05, 0) is 36.8 Å². The number of nitrogens with one attached hydrogen (secondary N) is 1. The van der Waals surface area contributed by atoms with Gasteiger partial charge in [0, 0.05) is 0 Å². The minimum atomic E-state index is -0.639. The standard InChI is InChI=1S/C17H19NO5S/c1-11(23-10-12-5-4-6-13(9-12)21-2)16(19)18-15-8-7-14(24-15)17(20)22-3/h4-9,11H,10H2,1-3H3,(H,18,19)/t11-/m0/s1. The summed E-state index contributed by atoms with van der Waals surface area (Å²) in [7, 11) is 2.91. The molecule has 1 atom stereocenters. The van der Waals surface area contributed by atoms with E-state index in [1.165, 1.54) is 7.11 Å². The van der Waals surface area contributed by atoms with Gasteiger partial charge >= 0.3 is 5.97 Å². The van der Waals surface area contributed by atoms with Gasteiger partial charge in [0.05, 0.1) is 25.8 Å². The van der Waals surface area contributed by atoms with Crippen LogP contribution in [0.3, 0.4) is 0 Å². The van der Waals surface area contributed by atoms with E-state index in [2.05, 4.69) is 10.1 Å². The van der Waals surface area contributed by atoms with E-state index < -0.39 is 12.1 Å². The van der Waals surface area contributed by atoms with E-state index in [1.807, 2.05) is 24.3 Å². The number of amides is 1. The molecule has 0 saturated carbocycles. The molecule has 0 radical (unpaired) electrons. The first-order valence-electron chi connectivity index (χ1n) is 7.27. The van der Waals surface area contributed by atoms with Crippen molar-refractivity contribution in [3.8, 4) is 5.75 Å². The van der Waals surface area contributed by atoms with Crippen molar-refractivity contribution in [1.82, 2.24) is 0 Å². The summed E-state index contributed by atoms with van der Waals surface area (Å²) in [6, 6.07) is 10.7. The zero-order chi connectivity index (χ0) is 17.5. The van der Waals surface area contributed by atoms with Gasteiger partial charge in [0.2, 0.25) is 0 Å². The molecule has 2 rings (SSSR count). The van der Waals surface area contributed by atoms with Gasteiger partial charge in [0.1, 0.15) is 16.7 Å². The normalized spacial score (nSPS) is 11.6. The van der Waals surface area contributed by atoms with E-state index in [1.54, 1.807) is 26.2 Å². The number of methoxy groups -OCH3 is 2. The smallest absolute Gasteiger partial charge is 0.348 e. The molecule has 0 aliphatic heterocycles. The van der Waals surface area contributed by atoms with E-state index in [9.17, 15) is 9.59 Å². The minimum absolute atomic E-state index is 0.281. The number of hydrogen-bond acceptors (Lipinski definition) is 6. The van der Waals surface area contributed by atoms with E-state index in [0.29, 0.717) is 16.5 Å². The molecule has 0 fully saturated rings. The van der Waals surface area contributed by atoms with Gasteiger partial charge in [0.25, 0.3) is 5.91 Å². The molecule has 0 unspecified atom stereocenters. The van der Waals surface area contributed by atoms with Crippen molar-refractivity contribution in [3.63, 3.8) is 0 Å². The average Bonchev–Trinajstić information content (AvgIpc) is 3.07. The highest BCUT2D eigenvalue weighted by molar-refractivity contribution is 7.18. The Kier molecular flexibility index (Phi) is 6.34. The minimum Gasteiger partial charge on any atom is -0.497 e. The quantitative estimate of drug-likeness (QED) is 0.778. The number of benzene rings is 1. The zero-order valence-electron chi connectivity index (χ0n) is 13.7. The van der Waals surface area contributed by atoms with Crippen LogP contribution in [0.2, 0.25) is 0 Å². The Morgan fingerprint density at radius 3 is 2.71 bits per heavy atom. The van der Waals surface area contributed by atoms with Crippen molar-refractivity contribution in [2.75, 3.05) is 19.5 Å². The Morgan fingerprint density at radius 1 is 1.21 bits per heavy atom. The fourth-order valence-corrected chi connectivity index (χ4v) is 2.72. The summed E-state index contributed by atoms with van der Waals surface area (Å²) in [6.07, 6.45) is -0.639. The van der Waals surface area contributed by atoms with Crippen LogP contribution in [0.4, 0.5) is 5.00 Å². The van der Waals surface area contributed by atoms with Crippen LogP contribution in [0, 0.1) is 0 Å². The van der Waals surface area contributed by atoms with E-state index >= 15 is 0 Å². The number of carbonyl (C=O) groups excluding carboxylic acids is 2. The Hall–Kier alpha value is -2.38. The lowest BCUT2D eigenvalue weighted by atomic mass is 10.2. The van der Waals surface area contributed by atoms with Crippen molar-refractivity contribution < 1.29 is 23.8 Å². The highest BCUT2D eigenvalue weighted by Crippen LogP contribution is 2.23. The first kappa shape index (κ1) is 18.0. The van der Waals surface area contributed by atoms with Gasteiger partial charge in [-0.2, -0.15) is 0 Å². The third kappa shape index (κ3) is 4.81. The molecule has 1 N–H and O–H groups in total. The Labute approximate surface area is 144 Å². The summed E-state index contributed by atoms with van der Waals surface area (Å²) in [5.41, 5.74) is 0.915. The SMILES string of the molecule is COC(=O)c1ccc(NC(=O)[C@H](C)OCc2cccc(OC)c2)s1. The molecule has 0 spiro atoms. The van der Waals surface area contributed by atoms with Crippen molar-refractivity contribution in [2.45, 2.75) is 19.6 Å². The molecule has 0 aliphatic rings. The summed E-state index contributed by atoms with van der Waals surface area (Å²) in [5, 5.41) is 3.29. The zero-order valence-corrected chi connectivity index (χ0v) is 14.5. The second-order valence-corrected chi connectivity index (χ2v) is 6.03. The second kappa shape index (κ2) is 8.47. The molecule has 2 aromatic rings. The Morgan fingerprint density at radius 2 is 2.00 bits per heavy atom. The largest absolute Gasteiger partial charge is 0.497 e. The summed E-state index contributed by atoms with van der Waals surface area (Å²) in [4.78, 5) is 24.0. The average molecular weight is 349 g/mol. The fraction of sp³-hybridized carbons (Fsp3) is 0.294. The van der Waals surface area contributed by atoms with Gasteiger partial charge in [-0.1, -0.05) is 12.1 Å². The van der Waals surface area contributed by atoms with Crippen LogP contribution in [0.25, 0.3) is 0 Å². The number of ether oxygens (including phenoxy) is 3. The van der Waals surface area contributed by atoms with Gasteiger partial charge < -0.3 is 19.5 Å². The maximum Gasteiger partial charge on any atom is 0.348 e. The van der Waals surface area contributed by atoms with Crippen LogP contribution < -0.4 is 10.1 Å². The van der Waals surface area contributed by atoms with Crippen molar-refractivity contribution in [1.29, 1.82) is 0 Å². The Bertz CT molecular complexity index is 713. The maximum absolute atomic E-state index is 12.1. The number of hydrogen-bond donors (Lipinski definition) is 1. The predicted octanol–water partition coefficient (Wildman–Crippen LogP) is 3.09. The van der Waals surface area contributed by atoms with Crippen molar-refractivity contribution in [3.05, 3.63) is 46.8 Å². The van der Waals surface area contributed by atoms with Gasteiger partial charge in [0.15, 0.2) is 0 Å². The highest BCUT2D eigenvalue weighted by atomic mass is 32.1. The lowest BCUT2D eigenvalue weighted by Gasteiger charge is -2.13. The van der Waals surface area contributed by atoms with Crippen molar-refractivity contribution >= 4 is 28.2 Å². The third-order valence-corrected chi connectivity index (χ3v) is 4.22. The first-order chi connectivity index (χ1) is 11.5. The first-order valence-corrected chi connectivity index (χ1v) is 8.08. The van der Waals surface area contributed by atoms with Gasteiger partial charge in [-0.3, -0.25) is 4.79 Å². The molecule has 128 valence electrons. The maximum atomic E-state index is 12.1. The molecular formula is C17H19NO5S. The second-order valence-electron chi connectivity index (χ2n) is 4.95. The number of thiophene rings is 1. The lowest BCUT2D eigenvalue weighted by Crippen LogP contribution is -2.27. The van der Waals surface area contributed by atoms with Crippen molar-refractivity contribution in [2.24, 2.45) is 0 Å². The van der Waals surface area contributed by atoms with E-state index in [-0.39, 0.29) is 5.91 Å². The lowest BCUT2D eigenvalue weighted by molar-refractivity contribution is -0.127. The molecule has 1 aromatic carbocycles. The fourth-order valence-electron chi connectivity index (χ4n) is 1.90. The Balaban J connectivity index is 1.87. The molecule has 1 heterocycles. The molecule has 0 saturated heterocycles. The monoisotopic (exact) mass is 349 g/mol. The molecule has 0 bridgehead atoms. The van der Waals surface area contributed by atoms with E-state index in [0.717, 1.165) is 22.6 Å². The van der Waals surface area contributed by atoms with E-state index in [4.69, 9.17) is 9.47 Å². The highest BCUT2D eigenvalue weighted by Gasteiger charge is 2.16. The molecule has 24 heavy (non-hydrogen) atoms. The van der Waals surface area contributed by atoms with Gasteiger partial charge in [-0.25, -0.2) is 4.79 Å². The molecule has 1 aromatic heterocycles. The van der Waals surface area contributed by atoms with Crippen LogP contribution in [-0.4, -0.2) is 32.2 Å². The summed E-state index contributed by atoms with van der Waals surface area (Å²) >= 11 is 1.15. The van der Waals surface area contributed by atoms with Crippen LogP contribution in [-0.2, 0) is 20.9 Å². The molecule has 6 nitrogen and oxygen atoms in total. The number of anilines is 1. The topological polar surface area (TPSA) is 73.9 Å². The third-order valence-electron chi connectivity index (χ3n) is 3.24. The summed E-state index contributed by atoms with van der Waals surface area (Å²) in [5.74, 6) is 0.0288. The van der Waals surface area contributed by atoms with Crippen LogP contribution in [0.1, 0.15) is 22.2 Å². The number of esters is 1. The number of carbonyl (C=O) groups is 2. The van der Waals surface area contributed by atoms with Crippen LogP contribution >= 0.6 is 11.3 Å². The molecule has 1 amide bonds. The van der Waals surface area contributed by atoms with Crippen LogP contribution in [0.15, 0.2) is 36.4 Å². The van der Waals surface area contributed by atoms with Crippen LogP contribution in [0.5, 0.6) is 5.75 Å². The molecule has 7 heteroatoms. The molecular weight excluding hydrogens is 330 g/mol. The molecule has 0 aliphatic carbocycles.